The summed E-state index contributed by atoms with van der Waals surface area (Å²) in [6.07, 6.45) is 1.04. The van der Waals surface area contributed by atoms with Crippen molar-refractivity contribution in [1.82, 2.24) is 0 Å². The van der Waals surface area contributed by atoms with E-state index in [9.17, 15) is 14.7 Å². The van der Waals surface area contributed by atoms with Gasteiger partial charge in [-0.3, -0.25) is 9.59 Å². The summed E-state index contributed by atoms with van der Waals surface area (Å²) in [5.74, 6) is -1.75. The van der Waals surface area contributed by atoms with Crippen molar-refractivity contribution < 1.29 is 19.4 Å². The van der Waals surface area contributed by atoms with Gasteiger partial charge in [0, 0.05) is 0 Å². The van der Waals surface area contributed by atoms with Crippen molar-refractivity contribution >= 4 is 11.9 Å². The van der Waals surface area contributed by atoms with Gasteiger partial charge in [-0.1, -0.05) is 43.2 Å². The van der Waals surface area contributed by atoms with E-state index in [1.807, 2.05) is 38.1 Å². The monoisotopic (exact) mass is 278 g/mol. The zero-order valence-electron chi connectivity index (χ0n) is 12.3. The number of hydrogen-bond donors (Lipinski definition) is 1. The molecule has 0 fully saturated rings. The second kappa shape index (κ2) is 7.08. The van der Waals surface area contributed by atoms with E-state index in [4.69, 9.17) is 4.74 Å². The topological polar surface area (TPSA) is 63.6 Å². The molecule has 1 atom stereocenters. The number of carboxylic acid groups (broad SMARTS) is 1. The number of aliphatic carboxylic acids is 1. The molecule has 0 radical (unpaired) electrons. The molecule has 1 N–H and O–H groups in total. The van der Waals surface area contributed by atoms with Crippen LogP contribution in [-0.4, -0.2) is 23.7 Å². The van der Waals surface area contributed by atoms with Crippen LogP contribution in [0.1, 0.15) is 37.8 Å². The molecule has 110 valence electrons. The van der Waals surface area contributed by atoms with Crippen LogP contribution in [0.4, 0.5) is 0 Å². The van der Waals surface area contributed by atoms with Crippen LogP contribution in [0.3, 0.4) is 0 Å². The van der Waals surface area contributed by atoms with E-state index in [2.05, 4.69) is 0 Å². The molecule has 1 rings (SSSR count). The van der Waals surface area contributed by atoms with Gasteiger partial charge >= 0.3 is 11.9 Å². The number of carboxylic acids is 1. The van der Waals surface area contributed by atoms with Gasteiger partial charge < -0.3 is 9.84 Å². The molecule has 0 aliphatic heterocycles. The van der Waals surface area contributed by atoms with E-state index in [1.165, 1.54) is 0 Å². The Morgan fingerprint density at radius 3 is 2.50 bits per heavy atom. The molecule has 0 bridgehead atoms. The second-order valence-corrected chi connectivity index (χ2v) is 5.02. The number of rotatable bonds is 7. The number of hydrogen-bond acceptors (Lipinski definition) is 3. The Kier molecular flexibility index (Phi) is 5.74. The highest BCUT2D eigenvalue weighted by Crippen LogP contribution is 2.31. The van der Waals surface area contributed by atoms with Crippen LogP contribution in [0.2, 0.25) is 0 Å². The van der Waals surface area contributed by atoms with Gasteiger partial charge in [0.25, 0.3) is 0 Å². The highest BCUT2D eigenvalue weighted by molar-refractivity contribution is 5.99. The smallest absolute Gasteiger partial charge is 0.323 e. The molecule has 0 saturated carbocycles. The average Bonchev–Trinajstić information content (AvgIpc) is 2.38. The third-order valence-electron chi connectivity index (χ3n) is 3.34. The molecular formula is C16H22O4. The molecule has 20 heavy (non-hydrogen) atoms. The molecule has 0 amide bonds. The van der Waals surface area contributed by atoms with Crippen molar-refractivity contribution in [3.05, 3.63) is 35.4 Å². The lowest BCUT2D eigenvalue weighted by molar-refractivity contribution is -0.169. The van der Waals surface area contributed by atoms with E-state index in [0.717, 1.165) is 11.1 Å². The normalized spacial score (nSPS) is 13.6. The van der Waals surface area contributed by atoms with Crippen molar-refractivity contribution in [2.24, 2.45) is 5.41 Å². The fourth-order valence-corrected chi connectivity index (χ4v) is 2.40. The van der Waals surface area contributed by atoms with Crippen molar-refractivity contribution in [2.45, 2.75) is 40.0 Å². The maximum atomic E-state index is 12.2. The Morgan fingerprint density at radius 2 is 2.00 bits per heavy atom. The van der Waals surface area contributed by atoms with Crippen molar-refractivity contribution in [1.29, 1.82) is 0 Å². The minimum atomic E-state index is -1.49. The lowest BCUT2D eigenvalue weighted by Gasteiger charge is -2.27. The van der Waals surface area contributed by atoms with E-state index in [1.54, 1.807) is 6.92 Å². The Balaban J connectivity index is 3.15. The predicted octanol–water partition coefficient (Wildman–Crippen LogP) is 2.97. The first kappa shape index (κ1) is 16.2. The Bertz CT molecular complexity index is 481. The quantitative estimate of drug-likeness (QED) is 0.615. The van der Waals surface area contributed by atoms with Crippen LogP contribution in [-0.2, 0) is 20.7 Å². The van der Waals surface area contributed by atoms with E-state index in [-0.39, 0.29) is 19.4 Å². The number of benzene rings is 1. The highest BCUT2D eigenvalue weighted by Gasteiger charge is 2.46. The molecule has 0 aromatic heterocycles. The molecule has 1 aromatic rings. The van der Waals surface area contributed by atoms with E-state index < -0.39 is 17.4 Å². The van der Waals surface area contributed by atoms with Crippen LogP contribution in [0.5, 0.6) is 0 Å². The van der Waals surface area contributed by atoms with Gasteiger partial charge in [0.1, 0.15) is 0 Å². The van der Waals surface area contributed by atoms with Crippen LogP contribution in [0, 0.1) is 12.3 Å². The third kappa shape index (κ3) is 3.59. The van der Waals surface area contributed by atoms with Gasteiger partial charge in [-0.25, -0.2) is 0 Å². The first-order valence-corrected chi connectivity index (χ1v) is 6.92. The second-order valence-electron chi connectivity index (χ2n) is 5.02. The lowest BCUT2D eigenvalue weighted by Crippen LogP contribution is -2.42. The first-order chi connectivity index (χ1) is 9.46. The average molecular weight is 278 g/mol. The first-order valence-electron chi connectivity index (χ1n) is 6.92. The zero-order valence-corrected chi connectivity index (χ0v) is 12.3. The Labute approximate surface area is 119 Å². The van der Waals surface area contributed by atoms with Crippen molar-refractivity contribution in [3.8, 4) is 0 Å². The summed E-state index contributed by atoms with van der Waals surface area (Å²) >= 11 is 0. The standard InChI is InChI=1S/C16H22O4/c1-4-9-16(14(17)18,15(19)20-5-2)11-13-8-6-7-12(3)10-13/h6-8,10H,4-5,9,11H2,1-3H3,(H,17,18). The predicted molar refractivity (Wildman–Crippen MR) is 76.5 cm³/mol. The number of aryl methyl sites for hydroxylation is 1. The van der Waals surface area contributed by atoms with Crippen LogP contribution >= 0.6 is 0 Å². The minimum Gasteiger partial charge on any atom is -0.480 e. The maximum Gasteiger partial charge on any atom is 0.323 e. The van der Waals surface area contributed by atoms with Gasteiger partial charge in [-0.05, 0) is 32.3 Å². The van der Waals surface area contributed by atoms with E-state index >= 15 is 0 Å². The summed E-state index contributed by atoms with van der Waals surface area (Å²) < 4.78 is 5.00. The van der Waals surface area contributed by atoms with Crippen LogP contribution < -0.4 is 0 Å². The largest absolute Gasteiger partial charge is 0.480 e. The van der Waals surface area contributed by atoms with Crippen LogP contribution in [0.15, 0.2) is 24.3 Å². The molecule has 0 heterocycles. The minimum absolute atomic E-state index is 0.163. The molecule has 4 heteroatoms. The van der Waals surface area contributed by atoms with Gasteiger partial charge in [0.15, 0.2) is 5.41 Å². The summed E-state index contributed by atoms with van der Waals surface area (Å²) in [7, 11) is 0. The Hall–Kier alpha value is -1.84. The molecule has 0 aliphatic carbocycles. The fourth-order valence-electron chi connectivity index (χ4n) is 2.40. The van der Waals surface area contributed by atoms with Crippen molar-refractivity contribution in [3.63, 3.8) is 0 Å². The molecule has 4 nitrogen and oxygen atoms in total. The summed E-state index contributed by atoms with van der Waals surface area (Å²) in [4.78, 5) is 23.9. The summed E-state index contributed by atoms with van der Waals surface area (Å²) in [5.41, 5.74) is 0.398. The van der Waals surface area contributed by atoms with Gasteiger partial charge in [-0.15, -0.1) is 0 Å². The maximum absolute atomic E-state index is 12.2. The van der Waals surface area contributed by atoms with Gasteiger partial charge in [-0.2, -0.15) is 0 Å². The third-order valence-corrected chi connectivity index (χ3v) is 3.34. The molecule has 0 spiro atoms. The number of esters is 1. The van der Waals surface area contributed by atoms with E-state index in [0.29, 0.717) is 6.42 Å². The number of ether oxygens (including phenoxy) is 1. The molecular weight excluding hydrogens is 256 g/mol. The number of carbonyl (C=O) groups excluding carboxylic acids is 1. The summed E-state index contributed by atoms with van der Waals surface area (Å²) in [5, 5.41) is 9.58. The number of carbonyl (C=O) groups is 2. The molecule has 1 aromatic carbocycles. The van der Waals surface area contributed by atoms with Crippen molar-refractivity contribution in [2.75, 3.05) is 6.61 Å². The summed E-state index contributed by atoms with van der Waals surface area (Å²) in [6.45, 7) is 5.68. The Morgan fingerprint density at radius 1 is 1.30 bits per heavy atom. The van der Waals surface area contributed by atoms with Crippen LogP contribution in [0.25, 0.3) is 0 Å². The lowest BCUT2D eigenvalue weighted by atomic mass is 9.77. The summed E-state index contributed by atoms with van der Waals surface area (Å²) in [6, 6.07) is 7.57. The molecule has 1 unspecified atom stereocenters. The zero-order chi connectivity index (χ0) is 15.2. The van der Waals surface area contributed by atoms with Gasteiger partial charge in [0.05, 0.1) is 6.61 Å². The van der Waals surface area contributed by atoms with Gasteiger partial charge in [0.2, 0.25) is 0 Å². The highest BCUT2D eigenvalue weighted by atomic mass is 16.5. The SMILES string of the molecule is CCCC(Cc1cccc(C)c1)(C(=O)O)C(=O)OCC. The molecule has 0 saturated heterocycles. The molecule has 0 aliphatic rings. The fraction of sp³-hybridized carbons (Fsp3) is 0.500.